The van der Waals surface area contributed by atoms with Crippen molar-refractivity contribution < 1.29 is 18.0 Å². The molecule has 2 unspecified atom stereocenters. The summed E-state index contributed by atoms with van der Waals surface area (Å²) in [4.78, 5) is 17.3. The minimum atomic E-state index is -4.45. The molecular formula is C23H21F3N2OS2. The third-order valence-corrected chi connectivity index (χ3v) is 7.48. The van der Waals surface area contributed by atoms with Crippen LogP contribution < -0.4 is 5.32 Å². The molecule has 0 saturated carbocycles. The van der Waals surface area contributed by atoms with Gasteiger partial charge in [-0.15, -0.1) is 11.3 Å². The molecule has 1 aromatic heterocycles. The molecule has 1 heterocycles. The molecule has 8 heteroatoms. The van der Waals surface area contributed by atoms with Crippen molar-refractivity contribution >= 4 is 29.0 Å². The molecule has 162 valence electrons. The average Bonchev–Trinajstić information content (AvgIpc) is 3.37. The molecule has 0 saturated heterocycles. The quantitative estimate of drug-likeness (QED) is 0.404. The van der Waals surface area contributed by atoms with Crippen molar-refractivity contribution in [2.75, 3.05) is 6.54 Å². The van der Waals surface area contributed by atoms with Crippen LogP contribution in [-0.4, -0.2) is 23.6 Å². The maximum Gasteiger partial charge on any atom is 0.405 e. The molecular weight excluding hydrogens is 441 g/mol. The molecule has 1 N–H and O–H groups in total. The molecule has 3 aromatic rings. The van der Waals surface area contributed by atoms with Gasteiger partial charge in [-0.1, -0.05) is 67.6 Å². The zero-order valence-corrected chi connectivity index (χ0v) is 18.4. The summed E-state index contributed by atoms with van der Waals surface area (Å²) in [6.07, 6.45) is -0.769. The van der Waals surface area contributed by atoms with Gasteiger partial charge in [-0.2, -0.15) is 13.2 Å². The van der Waals surface area contributed by atoms with E-state index in [1.807, 2.05) is 41.8 Å². The van der Waals surface area contributed by atoms with Crippen molar-refractivity contribution in [3.63, 3.8) is 0 Å². The molecule has 2 aromatic carbocycles. The molecule has 31 heavy (non-hydrogen) atoms. The number of carbonyl (C=O) groups is 1. The number of halogens is 3. The van der Waals surface area contributed by atoms with E-state index in [4.69, 9.17) is 0 Å². The Hall–Kier alpha value is -2.32. The number of amides is 1. The number of fused-ring (bicyclic) bond motifs is 3. The first-order valence-corrected chi connectivity index (χ1v) is 11.8. The van der Waals surface area contributed by atoms with Crippen LogP contribution in [0.1, 0.15) is 47.6 Å². The fourth-order valence-corrected chi connectivity index (χ4v) is 6.19. The van der Waals surface area contributed by atoms with Gasteiger partial charge in [0.2, 0.25) is 5.91 Å². The highest BCUT2D eigenvalue weighted by molar-refractivity contribution is 8.01. The lowest BCUT2D eigenvalue weighted by Gasteiger charge is -2.20. The summed E-state index contributed by atoms with van der Waals surface area (Å²) in [7, 11) is 0. The van der Waals surface area contributed by atoms with E-state index >= 15 is 0 Å². The van der Waals surface area contributed by atoms with Gasteiger partial charge >= 0.3 is 6.18 Å². The highest BCUT2D eigenvalue weighted by atomic mass is 32.2. The standard InChI is InChI=1S/C23H21F3N2OS2/c1-2-6-18(31-22-27-11-12-30-22)16-9-5-10-17-19(16)14-7-3-4-8-15(14)20(17)21(29)28-13-23(24,25)26/h3-5,7-12,18,20H,2,6,13H2,1H3,(H,28,29). The largest absolute Gasteiger partial charge is 0.405 e. The van der Waals surface area contributed by atoms with E-state index in [1.165, 1.54) is 0 Å². The molecule has 0 fully saturated rings. The summed E-state index contributed by atoms with van der Waals surface area (Å²) in [6, 6.07) is 13.3. The number of nitrogens with zero attached hydrogens (tertiary/aromatic N) is 1. The lowest BCUT2D eigenvalue weighted by atomic mass is 9.93. The summed E-state index contributed by atoms with van der Waals surface area (Å²) < 4.78 is 39.1. The van der Waals surface area contributed by atoms with E-state index in [1.54, 1.807) is 29.3 Å². The number of rotatable bonds is 7. The SMILES string of the molecule is CCCC(Sc1nccs1)c1cccc2c1-c1ccccc1C2C(=O)NCC(F)(F)F. The Morgan fingerprint density at radius 2 is 1.97 bits per heavy atom. The Balaban J connectivity index is 1.76. The molecule has 1 amide bonds. The van der Waals surface area contributed by atoms with Crippen molar-refractivity contribution in [1.82, 2.24) is 10.3 Å². The smallest absolute Gasteiger partial charge is 0.346 e. The Kier molecular flexibility index (Phi) is 6.39. The third-order valence-electron chi connectivity index (χ3n) is 5.26. The monoisotopic (exact) mass is 462 g/mol. The van der Waals surface area contributed by atoms with E-state index in [-0.39, 0.29) is 5.25 Å². The van der Waals surface area contributed by atoms with Crippen LogP contribution in [0.2, 0.25) is 0 Å². The molecule has 0 radical (unpaired) electrons. The number of hydrogen-bond acceptors (Lipinski definition) is 4. The van der Waals surface area contributed by atoms with Gasteiger partial charge in [0.1, 0.15) is 10.9 Å². The normalized spacial score (nSPS) is 15.9. The van der Waals surface area contributed by atoms with Crippen LogP contribution in [0.5, 0.6) is 0 Å². The summed E-state index contributed by atoms with van der Waals surface area (Å²) in [5.74, 6) is -1.37. The van der Waals surface area contributed by atoms with Gasteiger partial charge in [0.05, 0.1) is 5.92 Å². The second-order valence-corrected chi connectivity index (χ2v) is 9.70. The summed E-state index contributed by atoms with van der Waals surface area (Å²) in [5, 5.41) is 4.16. The Morgan fingerprint density at radius 3 is 2.68 bits per heavy atom. The van der Waals surface area contributed by atoms with Gasteiger partial charge in [-0.25, -0.2) is 4.98 Å². The van der Waals surface area contributed by atoms with Gasteiger partial charge in [0, 0.05) is 16.8 Å². The predicted molar refractivity (Wildman–Crippen MR) is 118 cm³/mol. The molecule has 0 bridgehead atoms. The van der Waals surface area contributed by atoms with Crippen molar-refractivity contribution in [1.29, 1.82) is 0 Å². The minimum absolute atomic E-state index is 0.135. The Bertz CT molecular complexity index is 1070. The zero-order valence-electron chi connectivity index (χ0n) is 16.8. The van der Waals surface area contributed by atoms with Crippen LogP contribution in [0.25, 0.3) is 11.1 Å². The maximum atomic E-state index is 12.9. The molecule has 1 aliphatic carbocycles. The summed E-state index contributed by atoms with van der Waals surface area (Å²) in [5.41, 5.74) is 4.49. The van der Waals surface area contributed by atoms with E-state index in [0.717, 1.165) is 45.0 Å². The van der Waals surface area contributed by atoms with Crippen LogP contribution in [0.15, 0.2) is 58.4 Å². The highest BCUT2D eigenvalue weighted by Crippen LogP contribution is 2.51. The van der Waals surface area contributed by atoms with Crippen LogP contribution >= 0.6 is 23.1 Å². The number of thiazole rings is 1. The van der Waals surface area contributed by atoms with Gasteiger partial charge in [-0.05, 0) is 34.2 Å². The van der Waals surface area contributed by atoms with E-state index in [2.05, 4.69) is 23.3 Å². The van der Waals surface area contributed by atoms with Crippen molar-refractivity contribution in [3.05, 3.63) is 70.7 Å². The predicted octanol–water partition coefficient (Wildman–Crippen LogP) is 6.57. The van der Waals surface area contributed by atoms with Gasteiger partial charge < -0.3 is 5.32 Å². The second-order valence-electron chi connectivity index (χ2n) is 7.36. The van der Waals surface area contributed by atoms with Crippen LogP contribution in [0.4, 0.5) is 13.2 Å². The Labute approximate surface area is 187 Å². The maximum absolute atomic E-state index is 12.9. The lowest BCUT2D eigenvalue weighted by Crippen LogP contribution is -2.36. The highest BCUT2D eigenvalue weighted by Gasteiger charge is 2.38. The van der Waals surface area contributed by atoms with E-state index < -0.39 is 24.5 Å². The fraction of sp³-hybridized carbons (Fsp3) is 0.304. The first-order valence-electron chi connectivity index (χ1n) is 10.0. The summed E-state index contributed by atoms with van der Waals surface area (Å²) >= 11 is 3.28. The first kappa shape index (κ1) is 21.9. The number of alkyl halides is 3. The topological polar surface area (TPSA) is 42.0 Å². The van der Waals surface area contributed by atoms with E-state index in [0.29, 0.717) is 0 Å². The van der Waals surface area contributed by atoms with Crippen LogP contribution in [0.3, 0.4) is 0 Å². The van der Waals surface area contributed by atoms with Crippen molar-refractivity contribution in [3.8, 4) is 11.1 Å². The van der Waals surface area contributed by atoms with Crippen molar-refractivity contribution in [2.45, 2.75) is 41.4 Å². The van der Waals surface area contributed by atoms with Crippen LogP contribution in [-0.2, 0) is 4.79 Å². The molecule has 3 nitrogen and oxygen atoms in total. The lowest BCUT2D eigenvalue weighted by molar-refractivity contribution is -0.138. The molecule has 4 rings (SSSR count). The first-order chi connectivity index (χ1) is 14.9. The number of carbonyl (C=O) groups excluding carboxylic acids is 1. The molecule has 0 aliphatic heterocycles. The van der Waals surface area contributed by atoms with Crippen molar-refractivity contribution in [2.24, 2.45) is 0 Å². The van der Waals surface area contributed by atoms with Gasteiger partial charge in [-0.3, -0.25) is 4.79 Å². The zero-order chi connectivity index (χ0) is 22.0. The number of hydrogen-bond donors (Lipinski definition) is 1. The third kappa shape index (κ3) is 4.65. The molecule has 0 spiro atoms. The van der Waals surface area contributed by atoms with Gasteiger partial charge in [0.15, 0.2) is 0 Å². The second kappa shape index (κ2) is 9.04. The average molecular weight is 463 g/mol. The van der Waals surface area contributed by atoms with Crippen LogP contribution in [0, 0.1) is 0 Å². The number of benzene rings is 2. The minimum Gasteiger partial charge on any atom is -0.346 e. The molecule has 1 aliphatic rings. The van der Waals surface area contributed by atoms with Gasteiger partial charge in [0.25, 0.3) is 0 Å². The summed E-state index contributed by atoms with van der Waals surface area (Å²) in [6.45, 7) is 0.789. The fourth-order valence-electron chi connectivity index (χ4n) is 4.05. The number of thioether (sulfide) groups is 1. The Morgan fingerprint density at radius 1 is 1.19 bits per heavy atom. The molecule has 2 atom stereocenters. The van der Waals surface area contributed by atoms with E-state index in [9.17, 15) is 18.0 Å². The number of aromatic nitrogens is 1. The number of nitrogens with one attached hydrogen (secondary N) is 1.